The zero-order valence-electron chi connectivity index (χ0n) is 15.6. The third kappa shape index (κ3) is 3.60. The van der Waals surface area contributed by atoms with Crippen LogP contribution in [0.4, 0.5) is 0 Å². The summed E-state index contributed by atoms with van der Waals surface area (Å²) in [6.07, 6.45) is 2.51. The van der Waals surface area contributed by atoms with Crippen LogP contribution >= 0.6 is 22.6 Å². The van der Waals surface area contributed by atoms with Crippen LogP contribution < -0.4 is 4.74 Å². The smallest absolute Gasteiger partial charge is 0.232 e. The van der Waals surface area contributed by atoms with E-state index in [1.165, 1.54) is 0 Å². The molecule has 0 N–H and O–H groups in total. The van der Waals surface area contributed by atoms with Gasteiger partial charge in [0.25, 0.3) is 0 Å². The molecule has 5 heteroatoms. The van der Waals surface area contributed by atoms with Crippen LogP contribution in [0.1, 0.15) is 24.6 Å². The van der Waals surface area contributed by atoms with Gasteiger partial charge < -0.3 is 4.74 Å². The molecule has 2 aromatic heterocycles. The van der Waals surface area contributed by atoms with Gasteiger partial charge in [0, 0.05) is 24.1 Å². The molecule has 0 saturated heterocycles. The van der Waals surface area contributed by atoms with Crippen molar-refractivity contribution in [3.63, 3.8) is 0 Å². The molecule has 2 heterocycles. The quantitative estimate of drug-likeness (QED) is 0.272. The van der Waals surface area contributed by atoms with Gasteiger partial charge in [0.05, 0.1) is 26.0 Å². The molecule has 2 aromatic carbocycles. The molecule has 0 aliphatic heterocycles. The Morgan fingerprint density at radius 3 is 2.68 bits per heavy atom. The Morgan fingerprint density at radius 1 is 1.11 bits per heavy atom. The number of fused-ring (bicyclic) bond motifs is 1. The number of aryl methyl sites for hydroxylation is 1. The fourth-order valence-corrected chi connectivity index (χ4v) is 3.43. The third-order valence-electron chi connectivity index (χ3n) is 4.30. The molecule has 0 spiro atoms. The first-order chi connectivity index (χ1) is 13.7. The Hall–Kier alpha value is -2.85. The molecule has 0 bridgehead atoms. The summed E-state index contributed by atoms with van der Waals surface area (Å²) >= 11 is 2.22. The molecular weight excluding hydrogens is 461 g/mol. The van der Waals surface area contributed by atoms with Gasteiger partial charge in [-0.1, -0.05) is 37.0 Å². The number of halogens is 1. The van der Waals surface area contributed by atoms with Crippen molar-refractivity contribution in [1.82, 2.24) is 14.8 Å². The number of nitrogens with zero attached hydrogens (tertiary/aromatic N) is 3. The van der Waals surface area contributed by atoms with E-state index >= 15 is 0 Å². The van der Waals surface area contributed by atoms with E-state index in [9.17, 15) is 0 Å². The lowest BCUT2D eigenvalue weighted by Gasteiger charge is -2.10. The lowest BCUT2D eigenvalue weighted by molar-refractivity contribution is 0.458. The van der Waals surface area contributed by atoms with E-state index in [0.717, 1.165) is 37.8 Å². The molecular formula is C23H18IN3O. The van der Waals surface area contributed by atoms with Crippen LogP contribution in [0.25, 0.3) is 16.6 Å². The Bertz CT molecular complexity index is 1200. The second-order valence-electron chi connectivity index (χ2n) is 6.25. The maximum absolute atomic E-state index is 6.18. The monoisotopic (exact) mass is 479 g/mol. The van der Waals surface area contributed by atoms with Crippen molar-refractivity contribution in [3.05, 3.63) is 75.6 Å². The highest BCUT2D eigenvalue weighted by atomic mass is 127. The van der Waals surface area contributed by atoms with Gasteiger partial charge in [-0.3, -0.25) is 0 Å². The standard InChI is InChI=1S/C23H18IN3O/c1-3-4-9-17-14-19-16(2)26-27(18-10-6-5-7-11-18)21(19)15-22(17)28-23-20(24)12-8-13-25-23/h5-8,10-15H,3H2,1-2H3. The first-order valence-corrected chi connectivity index (χ1v) is 10.1. The number of ether oxygens (including phenoxy) is 1. The third-order valence-corrected chi connectivity index (χ3v) is 5.12. The van der Waals surface area contributed by atoms with Crippen LogP contribution in [0, 0.1) is 22.3 Å². The Kier molecular flexibility index (Phi) is 5.31. The van der Waals surface area contributed by atoms with Gasteiger partial charge in [-0.05, 0) is 59.8 Å². The van der Waals surface area contributed by atoms with Gasteiger partial charge in [0.2, 0.25) is 5.88 Å². The first-order valence-electron chi connectivity index (χ1n) is 9.03. The summed E-state index contributed by atoms with van der Waals surface area (Å²) in [5, 5.41) is 5.81. The highest BCUT2D eigenvalue weighted by Crippen LogP contribution is 2.33. The summed E-state index contributed by atoms with van der Waals surface area (Å²) in [6, 6.07) is 18.0. The molecule has 138 valence electrons. The van der Waals surface area contributed by atoms with E-state index in [4.69, 9.17) is 9.84 Å². The van der Waals surface area contributed by atoms with Gasteiger partial charge in [0.1, 0.15) is 5.75 Å². The van der Waals surface area contributed by atoms with Crippen LogP contribution in [0.15, 0.2) is 60.8 Å². The summed E-state index contributed by atoms with van der Waals surface area (Å²) in [4.78, 5) is 4.36. The predicted octanol–water partition coefficient (Wildman–Crippen LogP) is 5.89. The van der Waals surface area contributed by atoms with Gasteiger partial charge in [0.15, 0.2) is 0 Å². The minimum atomic E-state index is 0.574. The molecule has 0 unspecified atom stereocenters. The van der Waals surface area contributed by atoms with Crippen LogP contribution in [-0.4, -0.2) is 14.8 Å². The fraction of sp³-hybridized carbons (Fsp3) is 0.130. The number of rotatable bonds is 3. The Labute approximate surface area is 177 Å². The second kappa shape index (κ2) is 8.03. The van der Waals surface area contributed by atoms with Gasteiger partial charge in [-0.25, -0.2) is 9.67 Å². The molecule has 0 amide bonds. The van der Waals surface area contributed by atoms with Crippen molar-refractivity contribution in [2.24, 2.45) is 0 Å². The summed E-state index contributed by atoms with van der Waals surface area (Å²) in [7, 11) is 0. The zero-order chi connectivity index (χ0) is 19.5. The minimum absolute atomic E-state index is 0.574. The van der Waals surface area contributed by atoms with Crippen molar-refractivity contribution in [3.8, 4) is 29.2 Å². The first kappa shape index (κ1) is 18.5. The van der Waals surface area contributed by atoms with E-state index in [1.54, 1.807) is 6.20 Å². The Balaban J connectivity index is 1.92. The molecule has 0 aliphatic carbocycles. The minimum Gasteiger partial charge on any atom is -0.437 e. The number of benzene rings is 2. The van der Waals surface area contributed by atoms with E-state index in [0.29, 0.717) is 11.6 Å². The molecule has 0 saturated carbocycles. The number of pyridine rings is 1. The lowest BCUT2D eigenvalue weighted by atomic mass is 10.1. The second-order valence-corrected chi connectivity index (χ2v) is 7.41. The molecule has 0 aliphatic rings. The van der Waals surface area contributed by atoms with Crippen molar-refractivity contribution in [1.29, 1.82) is 0 Å². The van der Waals surface area contributed by atoms with Crippen LogP contribution in [-0.2, 0) is 0 Å². The highest BCUT2D eigenvalue weighted by Gasteiger charge is 2.15. The normalized spacial score (nSPS) is 10.5. The zero-order valence-corrected chi connectivity index (χ0v) is 17.8. The van der Waals surface area contributed by atoms with Gasteiger partial charge >= 0.3 is 0 Å². The van der Waals surface area contributed by atoms with Gasteiger partial charge in [-0.15, -0.1) is 0 Å². The molecule has 0 radical (unpaired) electrons. The van der Waals surface area contributed by atoms with Crippen molar-refractivity contribution in [2.75, 3.05) is 0 Å². The van der Waals surface area contributed by atoms with Crippen molar-refractivity contribution in [2.45, 2.75) is 20.3 Å². The highest BCUT2D eigenvalue weighted by molar-refractivity contribution is 14.1. The maximum atomic E-state index is 6.18. The SMILES string of the molecule is CCC#Cc1cc2c(C)nn(-c3ccccc3)c2cc1Oc1ncccc1I. The topological polar surface area (TPSA) is 39.9 Å². The average Bonchev–Trinajstić information content (AvgIpc) is 3.04. The number of hydrogen-bond donors (Lipinski definition) is 0. The number of aromatic nitrogens is 3. The largest absolute Gasteiger partial charge is 0.437 e. The molecule has 4 nitrogen and oxygen atoms in total. The fourth-order valence-electron chi connectivity index (χ4n) is 2.97. The Morgan fingerprint density at radius 2 is 1.93 bits per heavy atom. The van der Waals surface area contributed by atoms with E-state index in [-0.39, 0.29) is 0 Å². The summed E-state index contributed by atoms with van der Waals surface area (Å²) < 4.78 is 9.07. The van der Waals surface area contributed by atoms with Crippen LogP contribution in [0.3, 0.4) is 0 Å². The summed E-state index contributed by atoms with van der Waals surface area (Å²) in [5.41, 5.74) is 3.78. The van der Waals surface area contributed by atoms with Crippen LogP contribution in [0.5, 0.6) is 11.6 Å². The van der Waals surface area contributed by atoms with E-state index in [1.807, 2.05) is 67.1 Å². The van der Waals surface area contributed by atoms with Gasteiger partial charge in [-0.2, -0.15) is 5.10 Å². The summed E-state index contributed by atoms with van der Waals surface area (Å²) in [5.74, 6) is 7.63. The maximum Gasteiger partial charge on any atom is 0.232 e. The molecule has 4 rings (SSSR count). The molecule has 0 atom stereocenters. The number of hydrogen-bond acceptors (Lipinski definition) is 3. The predicted molar refractivity (Wildman–Crippen MR) is 120 cm³/mol. The summed E-state index contributed by atoms with van der Waals surface area (Å²) in [6.45, 7) is 4.05. The van der Waals surface area contributed by atoms with Crippen LogP contribution in [0.2, 0.25) is 0 Å². The lowest BCUT2D eigenvalue weighted by Crippen LogP contribution is -1.97. The van der Waals surface area contributed by atoms with Crippen molar-refractivity contribution < 1.29 is 4.74 Å². The van der Waals surface area contributed by atoms with E-state index < -0.39 is 0 Å². The van der Waals surface area contributed by atoms with E-state index in [2.05, 4.69) is 45.5 Å². The molecule has 28 heavy (non-hydrogen) atoms. The molecule has 4 aromatic rings. The molecule has 0 fully saturated rings. The average molecular weight is 479 g/mol. The number of para-hydroxylation sites is 1. The van der Waals surface area contributed by atoms with Crippen molar-refractivity contribution >= 4 is 33.5 Å².